The number of amides is 1. The Hall–Kier alpha value is -1.10. The highest BCUT2D eigenvalue weighted by molar-refractivity contribution is 5.82. The van der Waals surface area contributed by atoms with Gasteiger partial charge in [-0.25, -0.2) is 0 Å². The molecule has 0 N–H and O–H groups in total. The van der Waals surface area contributed by atoms with Gasteiger partial charge in [-0.1, -0.05) is 0 Å². The number of carbonyl (C=O) groups excluding carboxylic acids is 2. The second-order valence-electron chi connectivity index (χ2n) is 7.57. The molecule has 0 unspecified atom stereocenters. The van der Waals surface area contributed by atoms with E-state index < -0.39 is 5.60 Å². The summed E-state index contributed by atoms with van der Waals surface area (Å²) in [6.45, 7) is 10.0. The molecule has 0 saturated carbocycles. The van der Waals surface area contributed by atoms with Gasteiger partial charge in [0.2, 0.25) is 5.91 Å². The van der Waals surface area contributed by atoms with Gasteiger partial charge in [0.05, 0.1) is 6.42 Å². The number of esters is 1. The second-order valence-corrected chi connectivity index (χ2v) is 7.57. The number of ether oxygens (including phenoxy) is 2. The van der Waals surface area contributed by atoms with Gasteiger partial charge in [-0.2, -0.15) is 0 Å². The van der Waals surface area contributed by atoms with E-state index >= 15 is 0 Å². The maximum Gasteiger partial charge on any atom is 0.306 e. The fourth-order valence-corrected chi connectivity index (χ4v) is 3.61. The summed E-state index contributed by atoms with van der Waals surface area (Å²) in [4.78, 5) is 26.1. The van der Waals surface area contributed by atoms with E-state index in [1.54, 1.807) is 0 Å². The van der Waals surface area contributed by atoms with Crippen LogP contribution in [0.4, 0.5) is 0 Å². The fourth-order valence-electron chi connectivity index (χ4n) is 3.61. The minimum Gasteiger partial charge on any atom is -0.460 e. The van der Waals surface area contributed by atoms with Crippen LogP contribution in [0, 0.1) is 5.41 Å². The maximum atomic E-state index is 12.4. The molecule has 22 heavy (non-hydrogen) atoms. The van der Waals surface area contributed by atoms with E-state index in [-0.39, 0.29) is 36.2 Å². The molecule has 126 valence electrons. The first-order chi connectivity index (χ1) is 10.2. The van der Waals surface area contributed by atoms with Crippen molar-refractivity contribution in [3.05, 3.63) is 0 Å². The van der Waals surface area contributed by atoms with Crippen molar-refractivity contribution in [3.63, 3.8) is 0 Å². The molecule has 0 aromatic carbocycles. The van der Waals surface area contributed by atoms with Crippen LogP contribution in [-0.2, 0) is 19.1 Å². The van der Waals surface area contributed by atoms with Crippen LogP contribution in [0.1, 0.15) is 59.8 Å². The Morgan fingerprint density at radius 1 is 1.18 bits per heavy atom. The summed E-state index contributed by atoms with van der Waals surface area (Å²) in [5, 5.41) is 0. The van der Waals surface area contributed by atoms with Crippen molar-refractivity contribution in [2.24, 2.45) is 5.41 Å². The molecule has 2 fully saturated rings. The Labute approximate surface area is 133 Å². The predicted molar refractivity (Wildman–Crippen MR) is 83.4 cm³/mol. The lowest BCUT2D eigenvalue weighted by Crippen LogP contribution is -2.43. The molecule has 1 spiro atoms. The Morgan fingerprint density at radius 2 is 1.82 bits per heavy atom. The lowest BCUT2D eigenvalue weighted by atomic mass is 9.74. The minimum absolute atomic E-state index is 0.0710. The largest absolute Gasteiger partial charge is 0.460 e. The van der Waals surface area contributed by atoms with Crippen molar-refractivity contribution < 1.29 is 19.1 Å². The highest BCUT2D eigenvalue weighted by Crippen LogP contribution is 2.44. The molecule has 2 heterocycles. The van der Waals surface area contributed by atoms with Gasteiger partial charge in [0.15, 0.2) is 0 Å². The number of hydrogen-bond donors (Lipinski definition) is 0. The molecule has 0 radical (unpaired) electrons. The van der Waals surface area contributed by atoms with Crippen LogP contribution in [0.3, 0.4) is 0 Å². The molecule has 2 saturated heterocycles. The molecule has 0 bridgehead atoms. The summed E-state index contributed by atoms with van der Waals surface area (Å²) in [7, 11) is 0. The van der Waals surface area contributed by atoms with Crippen molar-refractivity contribution >= 4 is 11.9 Å². The SMILES string of the molecule is C[C@H]1N(C(=O)CCC(=O)OC(C)(C)C)CCC12CCOCC2. The Kier molecular flexibility index (Phi) is 5.15. The molecule has 2 rings (SSSR count). The molecular weight excluding hydrogens is 282 g/mol. The summed E-state index contributed by atoms with van der Waals surface area (Å²) in [6, 6.07) is 0.238. The van der Waals surface area contributed by atoms with E-state index in [2.05, 4.69) is 6.92 Å². The summed E-state index contributed by atoms with van der Waals surface area (Å²) in [5.41, 5.74) is -0.271. The van der Waals surface area contributed by atoms with E-state index in [0.717, 1.165) is 39.0 Å². The smallest absolute Gasteiger partial charge is 0.306 e. The van der Waals surface area contributed by atoms with Crippen molar-refractivity contribution in [1.82, 2.24) is 4.90 Å². The van der Waals surface area contributed by atoms with E-state index in [4.69, 9.17) is 9.47 Å². The monoisotopic (exact) mass is 311 g/mol. The van der Waals surface area contributed by atoms with Gasteiger partial charge < -0.3 is 14.4 Å². The zero-order chi connectivity index (χ0) is 16.4. The number of rotatable bonds is 3. The number of likely N-dealkylation sites (tertiary alicyclic amines) is 1. The van der Waals surface area contributed by atoms with Crippen LogP contribution in [0.25, 0.3) is 0 Å². The first-order valence-electron chi connectivity index (χ1n) is 8.33. The van der Waals surface area contributed by atoms with E-state index in [1.165, 1.54) is 0 Å². The fraction of sp³-hybridized carbons (Fsp3) is 0.882. The third kappa shape index (κ3) is 4.00. The van der Waals surface area contributed by atoms with Crippen molar-refractivity contribution in [3.8, 4) is 0 Å². The summed E-state index contributed by atoms with van der Waals surface area (Å²) >= 11 is 0. The third-order valence-corrected chi connectivity index (χ3v) is 4.98. The van der Waals surface area contributed by atoms with Crippen molar-refractivity contribution in [2.45, 2.75) is 71.4 Å². The van der Waals surface area contributed by atoms with E-state index in [9.17, 15) is 9.59 Å². The minimum atomic E-state index is -0.493. The first-order valence-corrected chi connectivity index (χ1v) is 8.33. The van der Waals surface area contributed by atoms with Crippen molar-refractivity contribution in [2.75, 3.05) is 19.8 Å². The summed E-state index contributed by atoms with van der Waals surface area (Å²) < 4.78 is 10.7. The summed E-state index contributed by atoms with van der Waals surface area (Å²) in [6.07, 6.45) is 3.52. The van der Waals surface area contributed by atoms with Crippen LogP contribution >= 0.6 is 0 Å². The number of nitrogens with zero attached hydrogens (tertiary/aromatic N) is 1. The molecule has 1 atom stereocenters. The van der Waals surface area contributed by atoms with Gasteiger partial charge in [0, 0.05) is 32.2 Å². The molecule has 1 amide bonds. The van der Waals surface area contributed by atoms with Crippen LogP contribution < -0.4 is 0 Å². The molecule has 5 nitrogen and oxygen atoms in total. The first kappa shape index (κ1) is 17.3. The van der Waals surface area contributed by atoms with Gasteiger partial charge in [-0.05, 0) is 52.4 Å². The average Bonchev–Trinajstić information content (AvgIpc) is 2.73. The van der Waals surface area contributed by atoms with Gasteiger partial charge in [-0.15, -0.1) is 0 Å². The lowest BCUT2D eigenvalue weighted by Gasteiger charge is -2.38. The number of carbonyl (C=O) groups is 2. The molecule has 2 aliphatic heterocycles. The Bertz CT molecular complexity index is 421. The zero-order valence-electron chi connectivity index (χ0n) is 14.3. The molecule has 0 aromatic rings. The molecule has 2 aliphatic rings. The van der Waals surface area contributed by atoms with Crippen LogP contribution in [0.5, 0.6) is 0 Å². The average molecular weight is 311 g/mol. The normalized spacial score (nSPS) is 24.5. The van der Waals surface area contributed by atoms with Gasteiger partial charge in [0.25, 0.3) is 0 Å². The standard InChI is InChI=1S/C17H29NO4/c1-13-17(8-11-21-12-9-17)7-10-18(13)14(19)5-6-15(20)22-16(2,3)4/h13H,5-12H2,1-4H3/t13-/m1/s1. The van der Waals surface area contributed by atoms with Crippen LogP contribution in [0.2, 0.25) is 0 Å². The van der Waals surface area contributed by atoms with Gasteiger partial charge in [-0.3, -0.25) is 9.59 Å². The van der Waals surface area contributed by atoms with Gasteiger partial charge >= 0.3 is 5.97 Å². The Balaban J connectivity index is 1.84. The third-order valence-electron chi connectivity index (χ3n) is 4.98. The zero-order valence-corrected chi connectivity index (χ0v) is 14.3. The highest BCUT2D eigenvalue weighted by atomic mass is 16.6. The molecular formula is C17H29NO4. The van der Waals surface area contributed by atoms with E-state index in [1.807, 2.05) is 25.7 Å². The quantitative estimate of drug-likeness (QED) is 0.752. The molecule has 0 aliphatic carbocycles. The number of hydrogen-bond acceptors (Lipinski definition) is 4. The topological polar surface area (TPSA) is 55.8 Å². The van der Waals surface area contributed by atoms with Gasteiger partial charge in [0.1, 0.15) is 5.60 Å². The van der Waals surface area contributed by atoms with Crippen LogP contribution in [-0.4, -0.2) is 48.2 Å². The molecule has 5 heteroatoms. The molecule has 0 aromatic heterocycles. The summed E-state index contributed by atoms with van der Waals surface area (Å²) in [5.74, 6) is -0.227. The van der Waals surface area contributed by atoms with Crippen molar-refractivity contribution in [1.29, 1.82) is 0 Å². The predicted octanol–water partition coefficient (Wildman–Crippen LogP) is 2.53. The maximum absolute atomic E-state index is 12.4. The van der Waals surface area contributed by atoms with E-state index in [0.29, 0.717) is 0 Å². The van der Waals surface area contributed by atoms with Crippen LogP contribution in [0.15, 0.2) is 0 Å². The Morgan fingerprint density at radius 3 is 2.41 bits per heavy atom. The highest BCUT2D eigenvalue weighted by Gasteiger charge is 2.46. The lowest BCUT2D eigenvalue weighted by molar-refractivity contribution is -0.156. The second kappa shape index (κ2) is 6.57.